The summed E-state index contributed by atoms with van der Waals surface area (Å²) in [5.74, 6) is 0. The van der Waals surface area contributed by atoms with E-state index in [2.05, 4.69) is 74.0 Å². The Balaban J connectivity index is 2.33. The summed E-state index contributed by atoms with van der Waals surface area (Å²) in [6.45, 7) is 8.81. The minimum absolute atomic E-state index is 1.04. The zero-order valence-electron chi connectivity index (χ0n) is 12.5. The lowest BCUT2D eigenvalue weighted by Gasteiger charge is -2.17. The fourth-order valence-corrected chi connectivity index (χ4v) is 3.98. The summed E-state index contributed by atoms with van der Waals surface area (Å²) < 4.78 is 1.20. The van der Waals surface area contributed by atoms with Gasteiger partial charge in [0.2, 0.25) is 0 Å². The van der Waals surface area contributed by atoms with Crippen LogP contribution in [0.1, 0.15) is 34.7 Å². The molecule has 0 aromatic heterocycles. The summed E-state index contributed by atoms with van der Waals surface area (Å²) in [6.07, 6.45) is 3.38. The molecular formula is C19H19Br. The maximum atomic E-state index is 3.77. The van der Waals surface area contributed by atoms with Crippen LogP contribution >= 0.6 is 15.9 Å². The molecule has 1 heteroatoms. The molecule has 0 atom stereocenters. The van der Waals surface area contributed by atoms with Crippen molar-refractivity contribution in [3.63, 3.8) is 0 Å². The number of rotatable bonds is 1. The molecule has 20 heavy (non-hydrogen) atoms. The average Bonchev–Trinajstić information content (AvgIpc) is 2.72. The van der Waals surface area contributed by atoms with Gasteiger partial charge in [-0.15, -0.1) is 0 Å². The van der Waals surface area contributed by atoms with E-state index in [0.29, 0.717) is 0 Å². The Hall–Kier alpha value is -1.34. The Labute approximate surface area is 129 Å². The van der Waals surface area contributed by atoms with Crippen LogP contribution in [0.3, 0.4) is 0 Å². The molecule has 0 radical (unpaired) electrons. The molecule has 0 aliphatic heterocycles. The van der Waals surface area contributed by atoms with Crippen LogP contribution in [-0.2, 0) is 6.42 Å². The molecule has 0 N–H and O–H groups in total. The molecule has 0 amide bonds. The van der Waals surface area contributed by atoms with Gasteiger partial charge in [-0.1, -0.05) is 45.8 Å². The summed E-state index contributed by atoms with van der Waals surface area (Å²) in [6, 6.07) is 8.99. The van der Waals surface area contributed by atoms with Gasteiger partial charge in [0.1, 0.15) is 0 Å². The van der Waals surface area contributed by atoms with Gasteiger partial charge in [0.05, 0.1) is 0 Å². The summed E-state index contributed by atoms with van der Waals surface area (Å²) in [4.78, 5) is 0. The van der Waals surface area contributed by atoms with Crippen LogP contribution in [0.5, 0.6) is 0 Å². The molecule has 2 aromatic carbocycles. The van der Waals surface area contributed by atoms with Gasteiger partial charge in [0, 0.05) is 10.0 Å². The van der Waals surface area contributed by atoms with E-state index in [0.717, 1.165) is 6.42 Å². The Morgan fingerprint density at radius 2 is 1.55 bits per heavy atom. The first-order chi connectivity index (χ1) is 9.49. The zero-order chi connectivity index (χ0) is 14.4. The maximum absolute atomic E-state index is 3.77. The van der Waals surface area contributed by atoms with Crippen molar-refractivity contribution in [1.82, 2.24) is 0 Å². The SMILES string of the molecule is CC1=CCc2c1ccc(Br)c2-c1c(C)cc(C)cc1C. The third kappa shape index (κ3) is 2.05. The summed E-state index contributed by atoms with van der Waals surface area (Å²) in [5, 5.41) is 0. The van der Waals surface area contributed by atoms with Crippen LogP contribution in [0.15, 0.2) is 34.8 Å². The normalized spacial score (nSPS) is 13.3. The topological polar surface area (TPSA) is 0 Å². The highest BCUT2D eigenvalue weighted by atomic mass is 79.9. The van der Waals surface area contributed by atoms with Crippen molar-refractivity contribution in [3.8, 4) is 11.1 Å². The van der Waals surface area contributed by atoms with Crippen LogP contribution in [0.25, 0.3) is 16.7 Å². The van der Waals surface area contributed by atoms with Gasteiger partial charge >= 0.3 is 0 Å². The lowest BCUT2D eigenvalue weighted by atomic mass is 9.89. The van der Waals surface area contributed by atoms with Crippen molar-refractivity contribution in [2.45, 2.75) is 34.1 Å². The molecule has 102 valence electrons. The third-order valence-corrected chi connectivity index (χ3v) is 4.89. The van der Waals surface area contributed by atoms with E-state index in [4.69, 9.17) is 0 Å². The lowest BCUT2D eigenvalue weighted by molar-refractivity contribution is 1.26. The molecule has 0 bridgehead atoms. The van der Waals surface area contributed by atoms with Gasteiger partial charge < -0.3 is 0 Å². The maximum Gasteiger partial charge on any atom is 0.0257 e. The van der Waals surface area contributed by atoms with Crippen LogP contribution in [0.4, 0.5) is 0 Å². The van der Waals surface area contributed by atoms with Crippen molar-refractivity contribution in [2.24, 2.45) is 0 Å². The molecule has 0 saturated carbocycles. The number of hydrogen-bond donors (Lipinski definition) is 0. The average molecular weight is 327 g/mol. The quantitative estimate of drug-likeness (QED) is 0.602. The van der Waals surface area contributed by atoms with E-state index in [9.17, 15) is 0 Å². The van der Waals surface area contributed by atoms with Gasteiger partial charge in [-0.25, -0.2) is 0 Å². The smallest absolute Gasteiger partial charge is 0.0257 e. The number of halogens is 1. The molecule has 0 heterocycles. The van der Waals surface area contributed by atoms with Gasteiger partial charge in [0.25, 0.3) is 0 Å². The van der Waals surface area contributed by atoms with Gasteiger partial charge in [0.15, 0.2) is 0 Å². The second-order valence-electron chi connectivity index (χ2n) is 5.81. The molecule has 1 aliphatic carbocycles. The minimum Gasteiger partial charge on any atom is -0.0765 e. The molecule has 1 aliphatic rings. The number of aryl methyl sites for hydroxylation is 3. The molecule has 0 spiro atoms. The van der Waals surface area contributed by atoms with Gasteiger partial charge in [-0.05, 0) is 73.6 Å². The van der Waals surface area contributed by atoms with Crippen molar-refractivity contribution in [1.29, 1.82) is 0 Å². The number of allylic oxidation sites excluding steroid dienone is 2. The van der Waals surface area contributed by atoms with Crippen molar-refractivity contribution in [3.05, 3.63) is 62.6 Å². The first kappa shape index (κ1) is 13.6. The molecule has 0 saturated heterocycles. The highest BCUT2D eigenvalue weighted by Gasteiger charge is 2.20. The van der Waals surface area contributed by atoms with E-state index in [-0.39, 0.29) is 0 Å². The first-order valence-corrected chi connectivity index (χ1v) is 7.85. The van der Waals surface area contributed by atoms with Crippen LogP contribution < -0.4 is 0 Å². The first-order valence-electron chi connectivity index (χ1n) is 7.05. The molecule has 0 fully saturated rings. The molecule has 0 unspecified atom stereocenters. The largest absolute Gasteiger partial charge is 0.0765 e. The number of hydrogen-bond acceptors (Lipinski definition) is 0. The second kappa shape index (κ2) is 4.89. The predicted molar refractivity (Wildman–Crippen MR) is 91.1 cm³/mol. The third-order valence-electron chi connectivity index (χ3n) is 4.23. The van der Waals surface area contributed by atoms with Crippen molar-refractivity contribution >= 4 is 21.5 Å². The van der Waals surface area contributed by atoms with Gasteiger partial charge in [-0.2, -0.15) is 0 Å². The highest BCUT2D eigenvalue weighted by Crippen LogP contribution is 2.42. The molecule has 2 aromatic rings. The second-order valence-corrected chi connectivity index (χ2v) is 6.67. The Bertz CT molecular complexity index is 713. The monoisotopic (exact) mass is 326 g/mol. The Morgan fingerprint density at radius 3 is 2.20 bits per heavy atom. The van der Waals surface area contributed by atoms with E-state index in [1.54, 1.807) is 0 Å². The van der Waals surface area contributed by atoms with E-state index in [1.807, 2.05) is 0 Å². The van der Waals surface area contributed by atoms with Gasteiger partial charge in [-0.3, -0.25) is 0 Å². The Morgan fingerprint density at radius 1 is 0.900 bits per heavy atom. The summed E-state index contributed by atoms with van der Waals surface area (Å²) >= 11 is 3.77. The summed E-state index contributed by atoms with van der Waals surface area (Å²) in [7, 11) is 0. The van der Waals surface area contributed by atoms with E-state index >= 15 is 0 Å². The van der Waals surface area contributed by atoms with E-state index in [1.165, 1.54) is 49.0 Å². The molecule has 0 nitrogen and oxygen atoms in total. The number of fused-ring (bicyclic) bond motifs is 1. The van der Waals surface area contributed by atoms with Crippen molar-refractivity contribution < 1.29 is 0 Å². The Kier molecular flexibility index (Phi) is 3.33. The lowest BCUT2D eigenvalue weighted by Crippen LogP contribution is -1.96. The zero-order valence-corrected chi connectivity index (χ0v) is 14.1. The van der Waals surface area contributed by atoms with Crippen LogP contribution in [0, 0.1) is 20.8 Å². The fourth-order valence-electron chi connectivity index (χ4n) is 3.41. The standard InChI is InChI=1S/C19H19Br/c1-11-9-13(3)18(14(4)10-11)19-16-6-5-12(2)15(16)7-8-17(19)20/h5,7-10H,6H2,1-4H3. The minimum atomic E-state index is 1.04. The highest BCUT2D eigenvalue weighted by molar-refractivity contribution is 9.10. The van der Waals surface area contributed by atoms with Crippen molar-refractivity contribution in [2.75, 3.05) is 0 Å². The van der Waals surface area contributed by atoms with E-state index < -0.39 is 0 Å². The number of benzene rings is 2. The summed E-state index contributed by atoms with van der Waals surface area (Å²) in [5.41, 5.74) is 11.1. The van der Waals surface area contributed by atoms with Crippen LogP contribution in [-0.4, -0.2) is 0 Å². The molecular weight excluding hydrogens is 308 g/mol. The fraction of sp³-hybridized carbons (Fsp3) is 0.263. The van der Waals surface area contributed by atoms with Crippen LogP contribution in [0.2, 0.25) is 0 Å². The predicted octanol–water partition coefficient (Wildman–Crippen LogP) is 6.00. The molecule has 3 rings (SSSR count).